The number of hydrogen-bond acceptors (Lipinski definition) is 4. The van der Waals surface area contributed by atoms with Gasteiger partial charge < -0.3 is 15.2 Å². The zero-order valence-corrected chi connectivity index (χ0v) is 18.6. The first-order valence-corrected chi connectivity index (χ1v) is 11.5. The van der Waals surface area contributed by atoms with Crippen molar-refractivity contribution >= 4 is 28.8 Å². The van der Waals surface area contributed by atoms with Gasteiger partial charge >= 0.3 is 0 Å². The van der Waals surface area contributed by atoms with E-state index in [1.807, 2.05) is 25.1 Å². The van der Waals surface area contributed by atoms with Gasteiger partial charge in [-0.2, -0.15) is 0 Å². The lowest BCUT2D eigenvalue weighted by Crippen LogP contribution is -2.44. The Morgan fingerprint density at radius 1 is 1.06 bits per heavy atom. The number of nitrogens with one attached hydrogen (secondary N) is 2. The average Bonchev–Trinajstić information content (AvgIpc) is 3.54. The molecule has 0 radical (unpaired) electrons. The lowest BCUT2D eigenvalue weighted by Gasteiger charge is -2.18. The number of amides is 2. The summed E-state index contributed by atoms with van der Waals surface area (Å²) >= 11 is 0. The number of aryl methyl sites for hydroxylation is 2. The predicted molar refractivity (Wildman–Crippen MR) is 123 cm³/mol. The second-order valence-corrected chi connectivity index (χ2v) is 8.91. The third-order valence-electron chi connectivity index (χ3n) is 7.11. The van der Waals surface area contributed by atoms with Crippen molar-refractivity contribution in [1.82, 2.24) is 25.1 Å². The molecule has 2 heterocycles. The maximum Gasteiger partial charge on any atom is 0.233 e. The summed E-state index contributed by atoms with van der Waals surface area (Å²) in [6, 6.07) is 8.18. The molecule has 2 aliphatic carbocycles. The molecule has 8 nitrogen and oxygen atoms in total. The number of carbonyl (C=O) groups is 2. The van der Waals surface area contributed by atoms with E-state index in [9.17, 15) is 9.59 Å². The molecule has 8 heteroatoms. The smallest absolute Gasteiger partial charge is 0.233 e. The summed E-state index contributed by atoms with van der Waals surface area (Å²) in [6.07, 6.45) is 6.13. The van der Waals surface area contributed by atoms with Crippen LogP contribution in [0.3, 0.4) is 0 Å². The normalized spacial score (nSPS) is 26.4. The second-order valence-electron chi connectivity index (χ2n) is 8.91. The zero-order valence-electron chi connectivity index (χ0n) is 18.6. The van der Waals surface area contributed by atoms with Crippen molar-refractivity contribution in [2.45, 2.75) is 26.3 Å². The van der Waals surface area contributed by atoms with E-state index >= 15 is 0 Å². The fourth-order valence-corrected chi connectivity index (χ4v) is 5.61. The highest BCUT2D eigenvalue weighted by Gasteiger charge is 2.58. The van der Waals surface area contributed by atoms with Crippen molar-refractivity contribution in [2.75, 3.05) is 26.7 Å². The Morgan fingerprint density at radius 3 is 2.47 bits per heavy atom. The maximum atomic E-state index is 12.8. The van der Waals surface area contributed by atoms with Crippen LogP contribution in [0.4, 0.5) is 0 Å². The van der Waals surface area contributed by atoms with Crippen LogP contribution in [0.1, 0.15) is 18.7 Å². The van der Waals surface area contributed by atoms with Gasteiger partial charge in [-0.05, 0) is 43.7 Å². The summed E-state index contributed by atoms with van der Waals surface area (Å²) in [6.45, 7) is 4.53. The van der Waals surface area contributed by atoms with Crippen molar-refractivity contribution < 1.29 is 9.59 Å². The van der Waals surface area contributed by atoms with E-state index in [-0.39, 0.29) is 35.5 Å². The number of guanidine groups is 1. The third kappa shape index (κ3) is 3.47. The van der Waals surface area contributed by atoms with E-state index < -0.39 is 0 Å². The molecule has 1 aromatic heterocycles. The maximum absolute atomic E-state index is 12.8. The van der Waals surface area contributed by atoms with Gasteiger partial charge in [0.1, 0.15) is 5.82 Å². The molecule has 1 aliphatic heterocycles. The molecule has 1 saturated heterocycles. The summed E-state index contributed by atoms with van der Waals surface area (Å²) in [5, 5.41) is 6.55. The number of allylic oxidation sites excluding steroid dienone is 2. The van der Waals surface area contributed by atoms with Crippen molar-refractivity contribution in [2.24, 2.45) is 28.7 Å². The van der Waals surface area contributed by atoms with E-state index in [2.05, 4.69) is 43.4 Å². The second kappa shape index (κ2) is 8.41. The SMILES string of the molecule is CN=C(NCCCn1c(C)nc2ccccc21)NCCN1C(=O)C2C3C=CC(C3)C2C1=O. The highest BCUT2D eigenvalue weighted by atomic mass is 16.2. The summed E-state index contributed by atoms with van der Waals surface area (Å²) in [5.41, 5.74) is 2.18. The molecule has 4 unspecified atom stereocenters. The number of aromatic nitrogens is 2. The minimum absolute atomic E-state index is 0.00419. The molecule has 4 atom stereocenters. The number of benzene rings is 1. The minimum Gasteiger partial charge on any atom is -0.356 e. The number of rotatable bonds is 7. The van der Waals surface area contributed by atoms with Gasteiger partial charge in [0.25, 0.3) is 0 Å². The highest BCUT2D eigenvalue weighted by molar-refractivity contribution is 6.06. The first kappa shape index (κ1) is 20.7. The quantitative estimate of drug-likeness (QED) is 0.228. The summed E-state index contributed by atoms with van der Waals surface area (Å²) in [4.78, 5) is 35.9. The fraction of sp³-hybridized carbons (Fsp3) is 0.500. The van der Waals surface area contributed by atoms with E-state index in [0.29, 0.717) is 19.0 Å². The van der Waals surface area contributed by atoms with Gasteiger partial charge in [0.05, 0.1) is 22.9 Å². The molecule has 2 amide bonds. The Kier molecular flexibility index (Phi) is 5.45. The Labute approximate surface area is 187 Å². The number of aliphatic imine (C=N–C) groups is 1. The molecule has 168 valence electrons. The molecular formula is C24H30N6O2. The molecule has 5 rings (SSSR count). The molecule has 2 aromatic rings. The molecule has 1 saturated carbocycles. The van der Waals surface area contributed by atoms with Gasteiger partial charge in [0.15, 0.2) is 5.96 Å². The van der Waals surface area contributed by atoms with Crippen molar-refractivity contribution in [1.29, 1.82) is 0 Å². The lowest BCUT2D eigenvalue weighted by molar-refractivity contribution is -0.140. The van der Waals surface area contributed by atoms with Crippen molar-refractivity contribution in [3.63, 3.8) is 0 Å². The number of para-hydroxylation sites is 2. The average molecular weight is 435 g/mol. The Hall–Kier alpha value is -3.16. The molecule has 32 heavy (non-hydrogen) atoms. The van der Waals surface area contributed by atoms with Crippen LogP contribution in [0.2, 0.25) is 0 Å². The first-order valence-electron chi connectivity index (χ1n) is 11.5. The van der Waals surface area contributed by atoms with Gasteiger partial charge in [-0.25, -0.2) is 4.98 Å². The molecule has 1 aromatic carbocycles. The fourth-order valence-electron chi connectivity index (χ4n) is 5.61. The molecule has 2 fully saturated rings. The van der Waals surface area contributed by atoms with Gasteiger partial charge in [-0.1, -0.05) is 24.3 Å². The standard InChI is InChI=1S/C24H30N6O2/c1-15-28-18-6-3-4-7-19(18)29(15)12-5-10-26-24(25-2)27-11-13-30-22(31)20-16-8-9-17(14-16)21(20)23(30)32/h3-4,6-9,16-17,20-21H,5,10-14H2,1-2H3,(H2,25,26,27). The van der Waals surface area contributed by atoms with Crippen LogP contribution in [-0.2, 0) is 16.1 Å². The van der Waals surface area contributed by atoms with Gasteiger partial charge in [0.2, 0.25) is 11.8 Å². The Bertz CT molecular complexity index is 1070. The molecule has 2 N–H and O–H groups in total. The number of fused-ring (bicyclic) bond motifs is 6. The van der Waals surface area contributed by atoms with Crippen LogP contribution in [0.15, 0.2) is 41.4 Å². The zero-order chi connectivity index (χ0) is 22.2. The van der Waals surface area contributed by atoms with Gasteiger partial charge in [-0.3, -0.25) is 19.5 Å². The molecule has 0 spiro atoms. The largest absolute Gasteiger partial charge is 0.356 e. The monoisotopic (exact) mass is 434 g/mol. The van der Waals surface area contributed by atoms with Crippen LogP contribution in [-0.4, -0.2) is 58.9 Å². The van der Waals surface area contributed by atoms with Crippen molar-refractivity contribution in [3.8, 4) is 0 Å². The molecular weight excluding hydrogens is 404 g/mol. The number of nitrogens with zero attached hydrogens (tertiary/aromatic N) is 4. The number of hydrogen-bond donors (Lipinski definition) is 2. The lowest BCUT2D eigenvalue weighted by atomic mass is 9.85. The van der Waals surface area contributed by atoms with E-state index in [1.165, 1.54) is 4.90 Å². The highest BCUT2D eigenvalue weighted by Crippen LogP contribution is 2.52. The Morgan fingerprint density at radius 2 is 1.75 bits per heavy atom. The number of carbonyl (C=O) groups excluding carboxylic acids is 2. The van der Waals surface area contributed by atoms with E-state index in [0.717, 1.165) is 42.8 Å². The van der Waals surface area contributed by atoms with Crippen LogP contribution in [0, 0.1) is 30.6 Å². The van der Waals surface area contributed by atoms with Crippen LogP contribution in [0.5, 0.6) is 0 Å². The topological polar surface area (TPSA) is 91.6 Å². The number of likely N-dealkylation sites (tertiary alicyclic amines) is 1. The van der Waals surface area contributed by atoms with E-state index in [4.69, 9.17) is 0 Å². The number of imidazole rings is 1. The predicted octanol–water partition coefficient (Wildman–Crippen LogP) is 1.71. The summed E-state index contributed by atoms with van der Waals surface area (Å²) in [7, 11) is 1.72. The van der Waals surface area contributed by atoms with Crippen LogP contribution in [0.25, 0.3) is 11.0 Å². The van der Waals surface area contributed by atoms with Crippen molar-refractivity contribution in [3.05, 3.63) is 42.2 Å². The summed E-state index contributed by atoms with van der Waals surface area (Å²) in [5.74, 6) is 1.96. The Balaban J connectivity index is 1.07. The minimum atomic E-state index is -0.127. The van der Waals surface area contributed by atoms with Crippen LogP contribution >= 0.6 is 0 Å². The van der Waals surface area contributed by atoms with E-state index in [1.54, 1.807) is 7.05 Å². The molecule has 2 bridgehead atoms. The molecule has 3 aliphatic rings. The van der Waals surface area contributed by atoms with Gasteiger partial charge in [0, 0.05) is 33.2 Å². The summed E-state index contributed by atoms with van der Waals surface area (Å²) < 4.78 is 2.23. The number of imide groups is 1. The van der Waals surface area contributed by atoms with Gasteiger partial charge in [-0.15, -0.1) is 0 Å². The first-order chi connectivity index (χ1) is 15.6. The van der Waals surface area contributed by atoms with Crippen LogP contribution < -0.4 is 10.6 Å². The third-order valence-corrected chi connectivity index (χ3v) is 7.11.